The van der Waals surface area contributed by atoms with Crippen LogP contribution in [0.2, 0.25) is 0 Å². The van der Waals surface area contributed by atoms with E-state index in [0.29, 0.717) is 22.3 Å². The summed E-state index contributed by atoms with van der Waals surface area (Å²) in [5, 5.41) is 7.94. The minimum atomic E-state index is -0.416. The maximum Gasteiger partial charge on any atom is 0.279 e. The predicted molar refractivity (Wildman–Crippen MR) is 108 cm³/mol. The van der Waals surface area contributed by atoms with Crippen LogP contribution >= 0.6 is 0 Å². The number of benzene rings is 2. The number of fused-ring (bicyclic) bond motifs is 1. The van der Waals surface area contributed by atoms with Crippen LogP contribution in [0.25, 0.3) is 10.8 Å². The number of nitrogens with one attached hydrogen (secondary N) is 1. The van der Waals surface area contributed by atoms with Gasteiger partial charge in [0, 0.05) is 11.1 Å². The van der Waals surface area contributed by atoms with Gasteiger partial charge in [-0.1, -0.05) is 32.0 Å². The summed E-state index contributed by atoms with van der Waals surface area (Å²) in [6.07, 6.45) is 1.54. The molecule has 28 heavy (non-hydrogen) atoms. The van der Waals surface area contributed by atoms with Gasteiger partial charge in [0.25, 0.3) is 5.56 Å². The number of anilines is 1. The summed E-state index contributed by atoms with van der Waals surface area (Å²) in [6.45, 7) is 3.90. The van der Waals surface area contributed by atoms with Crippen LogP contribution in [0.1, 0.15) is 25.3 Å². The van der Waals surface area contributed by atoms with Crippen LogP contribution in [-0.4, -0.2) is 29.9 Å². The number of rotatable bonds is 6. The van der Waals surface area contributed by atoms with Crippen molar-refractivity contribution < 1.29 is 14.3 Å². The second-order valence-corrected chi connectivity index (χ2v) is 6.66. The molecular formula is C21H23N3O4. The van der Waals surface area contributed by atoms with Gasteiger partial charge < -0.3 is 14.8 Å². The molecule has 0 bridgehead atoms. The largest absolute Gasteiger partial charge is 0.493 e. The summed E-state index contributed by atoms with van der Waals surface area (Å²) in [4.78, 5) is 25.5. The zero-order valence-electron chi connectivity index (χ0n) is 16.4. The lowest BCUT2D eigenvalue weighted by Gasteiger charge is -2.14. The highest BCUT2D eigenvalue weighted by Crippen LogP contribution is 2.32. The average molecular weight is 381 g/mol. The molecule has 1 N–H and O–H groups in total. The number of para-hydroxylation sites is 1. The van der Waals surface area contributed by atoms with Crippen molar-refractivity contribution in [2.24, 2.45) is 0 Å². The lowest BCUT2D eigenvalue weighted by molar-refractivity contribution is -0.117. The van der Waals surface area contributed by atoms with Crippen LogP contribution < -0.4 is 20.3 Å². The van der Waals surface area contributed by atoms with Crippen LogP contribution in [0.3, 0.4) is 0 Å². The fourth-order valence-electron chi connectivity index (χ4n) is 3.14. The highest BCUT2D eigenvalue weighted by molar-refractivity contribution is 5.92. The van der Waals surface area contributed by atoms with E-state index in [2.05, 4.69) is 24.3 Å². The van der Waals surface area contributed by atoms with Gasteiger partial charge in [0.15, 0.2) is 11.5 Å². The number of nitrogens with zero attached hydrogens (tertiary/aromatic N) is 2. The first-order valence-electron chi connectivity index (χ1n) is 8.95. The van der Waals surface area contributed by atoms with E-state index >= 15 is 0 Å². The summed E-state index contributed by atoms with van der Waals surface area (Å²) in [7, 11) is 2.97. The minimum absolute atomic E-state index is 0.207. The number of amides is 1. The number of carbonyl (C=O) groups is 1. The monoisotopic (exact) mass is 381 g/mol. The van der Waals surface area contributed by atoms with E-state index in [9.17, 15) is 9.59 Å². The molecule has 0 saturated carbocycles. The molecule has 146 valence electrons. The van der Waals surface area contributed by atoms with E-state index in [4.69, 9.17) is 9.47 Å². The van der Waals surface area contributed by atoms with Crippen molar-refractivity contribution in [1.82, 2.24) is 9.78 Å². The molecule has 0 fully saturated rings. The zero-order chi connectivity index (χ0) is 20.3. The molecule has 0 radical (unpaired) electrons. The number of hydrogen-bond acceptors (Lipinski definition) is 5. The van der Waals surface area contributed by atoms with Gasteiger partial charge in [-0.15, -0.1) is 0 Å². The summed E-state index contributed by atoms with van der Waals surface area (Å²) < 4.78 is 11.7. The van der Waals surface area contributed by atoms with E-state index in [1.807, 2.05) is 24.3 Å². The summed E-state index contributed by atoms with van der Waals surface area (Å²) in [5.41, 5.74) is 1.34. The molecule has 2 aromatic carbocycles. The number of hydrogen-bond donors (Lipinski definition) is 1. The van der Waals surface area contributed by atoms with Crippen molar-refractivity contribution in [1.29, 1.82) is 0 Å². The van der Waals surface area contributed by atoms with Crippen LogP contribution in [0.5, 0.6) is 11.5 Å². The zero-order valence-corrected chi connectivity index (χ0v) is 16.4. The number of carbonyl (C=O) groups excluding carboxylic acids is 1. The van der Waals surface area contributed by atoms with E-state index < -0.39 is 5.56 Å². The Balaban J connectivity index is 1.94. The first-order chi connectivity index (χ1) is 13.5. The van der Waals surface area contributed by atoms with Gasteiger partial charge in [-0.2, -0.15) is 5.10 Å². The first kappa shape index (κ1) is 19.4. The Labute approximate surface area is 162 Å². The van der Waals surface area contributed by atoms with E-state index in [1.54, 1.807) is 12.1 Å². The maximum atomic E-state index is 12.9. The van der Waals surface area contributed by atoms with E-state index in [-0.39, 0.29) is 18.4 Å². The summed E-state index contributed by atoms with van der Waals surface area (Å²) in [6, 6.07) is 11.0. The van der Waals surface area contributed by atoms with Crippen molar-refractivity contribution in [3.05, 3.63) is 58.5 Å². The molecule has 3 aromatic rings. The molecular weight excluding hydrogens is 358 g/mol. The fourth-order valence-corrected chi connectivity index (χ4v) is 3.14. The molecule has 0 spiro atoms. The smallest absolute Gasteiger partial charge is 0.279 e. The molecule has 0 aliphatic heterocycles. The van der Waals surface area contributed by atoms with Crippen LogP contribution in [-0.2, 0) is 11.3 Å². The Morgan fingerprint density at radius 1 is 1.14 bits per heavy atom. The molecule has 0 aliphatic carbocycles. The molecule has 0 atom stereocenters. The highest BCUT2D eigenvalue weighted by atomic mass is 16.5. The Hall–Kier alpha value is -3.35. The van der Waals surface area contributed by atoms with Gasteiger partial charge in [-0.25, -0.2) is 4.68 Å². The highest BCUT2D eigenvalue weighted by Gasteiger charge is 2.16. The van der Waals surface area contributed by atoms with Crippen LogP contribution in [0, 0.1) is 0 Å². The quantitative estimate of drug-likeness (QED) is 0.709. The molecule has 1 amide bonds. The maximum absolute atomic E-state index is 12.9. The third kappa shape index (κ3) is 3.69. The lowest BCUT2D eigenvalue weighted by Crippen LogP contribution is -2.30. The van der Waals surface area contributed by atoms with Gasteiger partial charge in [0.1, 0.15) is 6.54 Å². The molecule has 1 heterocycles. The fraction of sp³-hybridized carbons (Fsp3) is 0.286. The molecule has 1 aromatic heterocycles. The Kier molecular flexibility index (Phi) is 5.63. The van der Waals surface area contributed by atoms with Crippen molar-refractivity contribution in [2.45, 2.75) is 26.3 Å². The normalized spacial score (nSPS) is 10.9. The third-order valence-electron chi connectivity index (χ3n) is 4.51. The SMILES string of the molecule is COc1ccc2cnn(CC(=O)Nc3ccccc3C(C)C)c(=O)c2c1OC. The molecule has 7 nitrogen and oxygen atoms in total. The standard InChI is InChI=1S/C21H23N3O4/c1-13(2)15-7-5-6-8-16(15)23-18(25)12-24-21(26)19-14(11-22-24)9-10-17(27-3)20(19)28-4/h5-11,13H,12H2,1-4H3,(H,23,25). The summed E-state index contributed by atoms with van der Waals surface area (Å²) >= 11 is 0. The first-order valence-corrected chi connectivity index (χ1v) is 8.95. The summed E-state index contributed by atoms with van der Waals surface area (Å²) in [5.74, 6) is 0.700. The molecule has 7 heteroatoms. The third-order valence-corrected chi connectivity index (χ3v) is 4.51. The van der Waals surface area contributed by atoms with Gasteiger partial charge in [0.05, 0.1) is 25.8 Å². The molecule has 0 aliphatic rings. The van der Waals surface area contributed by atoms with Gasteiger partial charge >= 0.3 is 0 Å². The average Bonchev–Trinajstić information content (AvgIpc) is 2.69. The number of methoxy groups -OCH3 is 2. The molecule has 3 rings (SSSR count). The van der Waals surface area contributed by atoms with Crippen LogP contribution in [0.4, 0.5) is 5.69 Å². The van der Waals surface area contributed by atoms with Gasteiger partial charge in [0.2, 0.25) is 5.91 Å². The lowest BCUT2D eigenvalue weighted by atomic mass is 10.0. The minimum Gasteiger partial charge on any atom is -0.493 e. The van der Waals surface area contributed by atoms with Crippen molar-refractivity contribution in [3.63, 3.8) is 0 Å². The predicted octanol–water partition coefficient (Wildman–Crippen LogP) is 3.18. The Bertz CT molecular complexity index is 1070. The topological polar surface area (TPSA) is 82.5 Å². The van der Waals surface area contributed by atoms with E-state index in [0.717, 1.165) is 15.9 Å². The number of aromatic nitrogens is 2. The molecule has 0 saturated heterocycles. The second kappa shape index (κ2) is 8.12. The van der Waals surface area contributed by atoms with Gasteiger partial charge in [-0.3, -0.25) is 9.59 Å². The second-order valence-electron chi connectivity index (χ2n) is 6.66. The van der Waals surface area contributed by atoms with Crippen molar-refractivity contribution in [2.75, 3.05) is 19.5 Å². The number of ether oxygens (including phenoxy) is 2. The van der Waals surface area contributed by atoms with Crippen molar-refractivity contribution >= 4 is 22.4 Å². The van der Waals surface area contributed by atoms with E-state index in [1.165, 1.54) is 20.4 Å². The van der Waals surface area contributed by atoms with Crippen LogP contribution in [0.15, 0.2) is 47.4 Å². The van der Waals surface area contributed by atoms with Crippen molar-refractivity contribution in [3.8, 4) is 11.5 Å². The Morgan fingerprint density at radius 3 is 2.57 bits per heavy atom. The van der Waals surface area contributed by atoms with Gasteiger partial charge in [-0.05, 0) is 29.7 Å². The Morgan fingerprint density at radius 2 is 1.89 bits per heavy atom. The molecule has 0 unspecified atom stereocenters.